The number of ether oxygens (including phenoxy) is 1. The van der Waals surface area contributed by atoms with E-state index in [-0.39, 0.29) is 11.9 Å². The van der Waals surface area contributed by atoms with Crippen LogP contribution in [0, 0.1) is 5.82 Å². The fraction of sp³-hybridized carbons (Fsp3) is 0.333. The van der Waals surface area contributed by atoms with Crippen LogP contribution in [0.4, 0.5) is 4.39 Å². The maximum atomic E-state index is 13.8. The van der Waals surface area contributed by atoms with Gasteiger partial charge in [0, 0.05) is 5.56 Å². The lowest BCUT2D eigenvalue weighted by Crippen LogP contribution is -2.21. The summed E-state index contributed by atoms with van der Waals surface area (Å²) in [6.07, 6.45) is 3.06. The van der Waals surface area contributed by atoms with Crippen LogP contribution in [0.25, 0.3) is 0 Å². The highest BCUT2D eigenvalue weighted by atomic mass is 19.1. The Morgan fingerprint density at radius 1 is 1.47 bits per heavy atom. The van der Waals surface area contributed by atoms with Gasteiger partial charge in [0.15, 0.2) is 0 Å². The van der Waals surface area contributed by atoms with E-state index >= 15 is 0 Å². The van der Waals surface area contributed by atoms with Crippen molar-refractivity contribution in [3.63, 3.8) is 0 Å². The molecule has 0 unspecified atom stereocenters. The third kappa shape index (κ3) is 1.63. The Morgan fingerprint density at radius 2 is 2.24 bits per heavy atom. The normalized spacial score (nSPS) is 27.1. The molecule has 0 N–H and O–H groups in total. The minimum Gasteiger partial charge on any atom is -0.359 e. The lowest BCUT2D eigenvalue weighted by atomic mass is 9.95. The molecular formula is C12H12FN3O. The summed E-state index contributed by atoms with van der Waals surface area (Å²) in [6, 6.07) is 6.70. The summed E-state index contributed by atoms with van der Waals surface area (Å²) in [4.78, 5) is 3.88. The maximum absolute atomic E-state index is 13.8. The van der Waals surface area contributed by atoms with Crippen molar-refractivity contribution in [2.45, 2.75) is 25.2 Å². The van der Waals surface area contributed by atoms with Crippen LogP contribution in [-0.2, 0) is 16.9 Å². The van der Waals surface area contributed by atoms with Crippen molar-refractivity contribution < 1.29 is 9.13 Å². The molecular weight excluding hydrogens is 221 g/mol. The average molecular weight is 233 g/mol. The molecule has 1 aliphatic heterocycles. The van der Waals surface area contributed by atoms with E-state index < -0.39 is 5.60 Å². The van der Waals surface area contributed by atoms with Gasteiger partial charge in [0.2, 0.25) is 0 Å². The summed E-state index contributed by atoms with van der Waals surface area (Å²) < 4.78 is 21.1. The molecule has 0 spiro atoms. The molecule has 2 atom stereocenters. The highest BCUT2D eigenvalue weighted by Gasteiger charge is 2.56. The summed E-state index contributed by atoms with van der Waals surface area (Å²) in [5, 5.41) is 4.03. The zero-order chi connectivity index (χ0) is 11.9. The molecule has 0 saturated carbocycles. The lowest BCUT2D eigenvalue weighted by molar-refractivity contribution is 0.258. The molecule has 1 aliphatic rings. The first kappa shape index (κ1) is 10.4. The first-order chi connectivity index (χ1) is 8.22. The Morgan fingerprint density at radius 3 is 2.82 bits per heavy atom. The number of hydrogen-bond donors (Lipinski definition) is 0. The van der Waals surface area contributed by atoms with E-state index in [0.717, 1.165) is 0 Å². The number of aromatic nitrogens is 3. The van der Waals surface area contributed by atoms with E-state index in [9.17, 15) is 4.39 Å². The van der Waals surface area contributed by atoms with Gasteiger partial charge < -0.3 is 4.74 Å². The largest absolute Gasteiger partial charge is 0.359 e. The highest BCUT2D eigenvalue weighted by molar-refractivity contribution is 5.30. The van der Waals surface area contributed by atoms with Gasteiger partial charge in [0.1, 0.15) is 24.1 Å². The van der Waals surface area contributed by atoms with Crippen molar-refractivity contribution in [3.8, 4) is 0 Å². The van der Waals surface area contributed by atoms with E-state index in [1.54, 1.807) is 23.1 Å². The monoisotopic (exact) mass is 233 g/mol. The molecule has 0 aliphatic carbocycles. The molecule has 2 aromatic rings. The van der Waals surface area contributed by atoms with Crippen molar-refractivity contribution >= 4 is 0 Å². The van der Waals surface area contributed by atoms with Gasteiger partial charge in [-0.1, -0.05) is 18.2 Å². The second kappa shape index (κ2) is 3.63. The standard InChI is InChI=1S/C12H12FN3O/c1-9-12(17-9,6-16-8-14-7-15-16)10-4-2-3-5-11(10)13/h2-5,7-9H,6H2,1H3/t9-,12-/m0/s1. The van der Waals surface area contributed by atoms with Gasteiger partial charge in [0.05, 0.1) is 12.6 Å². The minimum atomic E-state index is -0.598. The number of benzene rings is 1. The molecule has 0 amide bonds. The number of epoxide rings is 1. The number of rotatable bonds is 3. The molecule has 3 rings (SSSR count). The van der Waals surface area contributed by atoms with Gasteiger partial charge in [-0.2, -0.15) is 5.10 Å². The van der Waals surface area contributed by atoms with Gasteiger partial charge in [-0.05, 0) is 13.0 Å². The van der Waals surface area contributed by atoms with Gasteiger partial charge in [-0.3, -0.25) is 0 Å². The fourth-order valence-electron chi connectivity index (χ4n) is 2.17. The molecule has 17 heavy (non-hydrogen) atoms. The molecule has 1 fully saturated rings. The molecule has 0 radical (unpaired) electrons. The summed E-state index contributed by atoms with van der Waals surface area (Å²) in [5.41, 5.74) is -0.0121. The minimum absolute atomic E-state index is 0.0106. The predicted molar refractivity (Wildman–Crippen MR) is 58.6 cm³/mol. The van der Waals surface area contributed by atoms with Crippen LogP contribution in [0.5, 0.6) is 0 Å². The van der Waals surface area contributed by atoms with Crippen LogP contribution >= 0.6 is 0 Å². The molecule has 88 valence electrons. The van der Waals surface area contributed by atoms with Crippen LogP contribution < -0.4 is 0 Å². The van der Waals surface area contributed by atoms with Crippen LogP contribution in [0.2, 0.25) is 0 Å². The lowest BCUT2D eigenvalue weighted by Gasteiger charge is -2.13. The molecule has 1 aromatic carbocycles. The van der Waals surface area contributed by atoms with Crippen LogP contribution in [0.15, 0.2) is 36.9 Å². The maximum Gasteiger partial charge on any atom is 0.142 e. The van der Waals surface area contributed by atoms with Crippen molar-refractivity contribution in [3.05, 3.63) is 48.3 Å². The van der Waals surface area contributed by atoms with Crippen LogP contribution in [0.3, 0.4) is 0 Å². The van der Waals surface area contributed by atoms with E-state index in [1.807, 2.05) is 13.0 Å². The molecule has 1 aromatic heterocycles. The van der Waals surface area contributed by atoms with Crippen molar-refractivity contribution in [1.82, 2.24) is 14.8 Å². The Balaban J connectivity index is 1.96. The third-order valence-electron chi connectivity index (χ3n) is 3.18. The molecule has 4 nitrogen and oxygen atoms in total. The highest BCUT2D eigenvalue weighted by Crippen LogP contribution is 2.48. The zero-order valence-electron chi connectivity index (χ0n) is 9.38. The smallest absolute Gasteiger partial charge is 0.142 e. The van der Waals surface area contributed by atoms with E-state index in [0.29, 0.717) is 12.1 Å². The Labute approximate surface area is 98.0 Å². The first-order valence-corrected chi connectivity index (χ1v) is 5.47. The summed E-state index contributed by atoms with van der Waals surface area (Å²) in [6.45, 7) is 2.42. The fourth-order valence-corrected chi connectivity index (χ4v) is 2.17. The van der Waals surface area contributed by atoms with Gasteiger partial charge in [0.25, 0.3) is 0 Å². The van der Waals surface area contributed by atoms with Crippen LogP contribution in [-0.4, -0.2) is 20.9 Å². The van der Waals surface area contributed by atoms with E-state index in [1.165, 1.54) is 12.4 Å². The number of nitrogens with zero attached hydrogens (tertiary/aromatic N) is 3. The molecule has 5 heteroatoms. The van der Waals surface area contributed by atoms with Crippen molar-refractivity contribution in [2.24, 2.45) is 0 Å². The third-order valence-corrected chi connectivity index (χ3v) is 3.18. The van der Waals surface area contributed by atoms with Crippen molar-refractivity contribution in [2.75, 3.05) is 0 Å². The predicted octanol–water partition coefficient (Wildman–Crippen LogP) is 1.73. The van der Waals surface area contributed by atoms with Crippen molar-refractivity contribution in [1.29, 1.82) is 0 Å². The van der Waals surface area contributed by atoms with Gasteiger partial charge >= 0.3 is 0 Å². The topological polar surface area (TPSA) is 43.2 Å². The van der Waals surface area contributed by atoms with Crippen LogP contribution in [0.1, 0.15) is 12.5 Å². The Bertz CT molecular complexity index is 528. The summed E-state index contributed by atoms with van der Waals surface area (Å²) in [5.74, 6) is -0.239. The second-order valence-corrected chi connectivity index (χ2v) is 4.22. The molecule has 2 heterocycles. The number of hydrogen-bond acceptors (Lipinski definition) is 3. The Kier molecular flexibility index (Phi) is 2.22. The van der Waals surface area contributed by atoms with Gasteiger partial charge in [-0.15, -0.1) is 0 Å². The van der Waals surface area contributed by atoms with E-state index in [2.05, 4.69) is 10.1 Å². The summed E-state index contributed by atoms with van der Waals surface area (Å²) in [7, 11) is 0. The zero-order valence-corrected chi connectivity index (χ0v) is 9.38. The summed E-state index contributed by atoms with van der Waals surface area (Å²) >= 11 is 0. The van der Waals surface area contributed by atoms with Gasteiger partial charge in [-0.25, -0.2) is 14.1 Å². The number of halogens is 1. The SMILES string of the molecule is C[C@@H]1O[C@]1(Cn1cncn1)c1ccccc1F. The Hall–Kier alpha value is -1.75. The second-order valence-electron chi connectivity index (χ2n) is 4.22. The average Bonchev–Trinajstić information content (AvgIpc) is 2.76. The quantitative estimate of drug-likeness (QED) is 0.758. The molecule has 1 saturated heterocycles. The van der Waals surface area contributed by atoms with E-state index in [4.69, 9.17) is 4.74 Å². The first-order valence-electron chi connectivity index (χ1n) is 5.47. The molecule has 0 bridgehead atoms.